The maximum atomic E-state index is 12.2. The molecule has 112 valence electrons. The first-order valence-corrected chi connectivity index (χ1v) is 7.36. The molecule has 0 saturated carbocycles. The first-order valence-electron chi connectivity index (χ1n) is 6.56. The number of hydrogen-bond acceptors (Lipinski definition) is 4. The molecule has 0 fully saturated rings. The highest BCUT2D eigenvalue weighted by molar-refractivity contribution is 9.10. The van der Waals surface area contributed by atoms with Crippen molar-refractivity contribution in [2.24, 2.45) is 0 Å². The highest BCUT2D eigenvalue weighted by Gasteiger charge is 2.23. The minimum absolute atomic E-state index is 0.216. The Morgan fingerprint density at radius 3 is 2.95 bits per heavy atom. The molecule has 2 aromatic rings. The van der Waals surface area contributed by atoms with E-state index in [0.717, 1.165) is 4.47 Å². The molecule has 2 amide bonds. The molecule has 7 heteroatoms. The molecular weight excluding hydrogens is 350 g/mol. The molecule has 0 bridgehead atoms. The second-order valence-electron chi connectivity index (χ2n) is 4.81. The van der Waals surface area contributed by atoms with Crippen LogP contribution in [-0.2, 0) is 4.79 Å². The van der Waals surface area contributed by atoms with Crippen molar-refractivity contribution in [1.82, 2.24) is 4.98 Å². The summed E-state index contributed by atoms with van der Waals surface area (Å²) in [5, 5.41) is 5.49. The zero-order chi connectivity index (χ0) is 15.7. The van der Waals surface area contributed by atoms with E-state index >= 15 is 0 Å². The Kier molecular flexibility index (Phi) is 3.81. The average Bonchev–Trinajstić information content (AvgIpc) is 2.49. The van der Waals surface area contributed by atoms with Gasteiger partial charge < -0.3 is 15.4 Å². The summed E-state index contributed by atoms with van der Waals surface area (Å²) in [7, 11) is 0. The highest BCUT2D eigenvalue weighted by Crippen LogP contribution is 2.32. The molecular formula is C15H12BrN3O3. The molecule has 0 unspecified atom stereocenters. The Bertz CT molecular complexity index is 763. The third-order valence-corrected chi connectivity index (χ3v) is 3.57. The fourth-order valence-corrected chi connectivity index (χ4v) is 2.39. The zero-order valence-corrected chi connectivity index (χ0v) is 13.2. The number of anilines is 2. The van der Waals surface area contributed by atoms with Gasteiger partial charge in [0.05, 0.1) is 11.3 Å². The first-order chi connectivity index (χ1) is 10.5. The van der Waals surface area contributed by atoms with Crippen LogP contribution < -0.4 is 15.4 Å². The molecule has 0 spiro atoms. The molecule has 0 radical (unpaired) electrons. The smallest absolute Gasteiger partial charge is 0.265 e. The normalized spacial score (nSPS) is 16.3. The van der Waals surface area contributed by atoms with Gasteiger partial charge in [-0.3, -0.25) is 14.6 Å². The van der Waals surface area contributed by atoms with Crippen molar-refractivity contribution in [3.63, 3.8) is 0 Å². The van der Waals surface area contributed by atoms with E-state index in [1.807, 2.05) is 0 Å². The Morgan fingerprint density at radius 2 is 2.18 bits per heavy atom. The third-order valence-electron chi connectivity index (χ3n) is 3.14. The maximum absolute atomic E-state index is 12.2. The molecule has 2 heterocycles. The van der Waals surface area contributed by atoms with Crippen LogP contribution in [0.2, 0.25) is 0 Å². The summed E-state index contributed by atoms with van der Waals surface area (Å²) >= 11 is 3.27. The Labute approximate surface area is 135 Å². The third kappa shape index (κ3) is 2.94. The minimum Gasteiger partial charge on any atom is -0.479 e. The number of rotatable bonds is 2. The number of amides is 2. The van der Waals surface area contributed by atoms with Crippen LogP contribution >= 0.6 is 15.9 Å². The number of fused-ring (bicyclic) bond motifs is 1. The maximum Gasteiger partial charge on any atom is 0.265 e. The molecule has 1 aromatic heterocycles. The summed E-state index contributed by atoms with van der Waals surface area (Å²) < 4.78 is 6.19. The monoisotopic (exact) mass is 361 g/mol. The molecule has 1 aromatic carbocycles. The van der Waals surface area contributed by atoms with Gasteiger partial charge in [0.1, 0.15) is 5.75 Å². The van der Waals surface area contributed by atoms with Gasteiger partial charge in [0.2, 0.25) is 0 Å². The van der Waals surface area contributed by atoms with Crippen molar-refractivity contribution in [3.05, 3.63) is 46.7 Å². The molecule has 0 aliphatic carbocycles. The number of nitrogens with one attached hydrogen (secondary N) is 2. The van der Waals surface area contributed by atoms with E-state index in [4.69, 9.17) is 4.74 Å². The SMILES string of the molecule is C[C@H]1Oc2ccc(NC(=O)c3cncc(Br)c3)cc2NC1=O. The predicted molar refractivity (Wildman–Crippen MR) is 85.1 cm³/mol. The number of ether oxygens (including phenoxy) is 1. The van der Waals surface area contributed by atoms with Gasteiger partial charge in [-0.15, -0.1) is 0 Å². The Hall–Kier alpha value is -2.41. The second kappa shape index (κ2) is 5.76. The summed E-state index contributed by atoms with van der Waals surface area (Å²) in [5.41, 5.74) is 1.52. The number of pyridine rings is 1. The van der Waals surface area contributed by atoms with Gasteiger partial charge in [0.25, 0.3) is 11.8 Å². The lowest BCUT2D eigenvalue weighted by atomic mass is 10.2. The minimum atomic E-state index is -0.527. The number of halogens is 1. The van der Waals surface area contributed by atoms with Gasteiger partial charge in [-0.1, -0.05) is 0 Å². The molecule has 22 heavy (non-hydrogen) atoms. The molecule has 6 nitrogen and oxygen atoms in total. The topological polar surface area (TPSA) is 80.3 Å². The number of aromatic nitrogens is 1. The lowest BCUT2D eigenvalue weighted by Crippen LogP contribution is -2.34. The van der Waals surface area contributed by atoms with E-state index < -0.39 is 6.10 Å². The Morgan fingerprint density at radius 1 is 1.36 bits per heavy atom. The molecule has 0 saturated heterocycles. The lowest BCUT2D eigenvalue weighted by molar-refractivity contribution is -0.122. The van der Waals surface area contributed by atoms with Crippen LogP contribution in [0, 0.1) is 0 Å². The largest absolute Gasteiger partial charge is 0.479 e. The lowest BCUT2D eigenvalue weighted by Gasteiger charge is -2.23. The quantitative estimate of drug-likeness (QED) is 0.861. The van der Waals surface area contributed by atoms with Crippen molar-refractivity contribution in [1.29, 1.82) is 0 Å². The van der Waals surface area contributed by atoms with Gasteiger partial charge in [0.15, 0.2) is 6.10 Å². The highest BCUT2D eigenvalue weighted by atomic mass is 79.9. The van der Waals surface area contributed by atoms with Crippen LogP contribution in [0.5, 0.6) is 5.75 Å². The van der Waals surface area contributed by atoms with Crippen molar-refractivity contribution in [3.8, 4) is 5.75 Å². The Balaban J connectivity index is 1.80. The summed E-state index contributed by atoms with van der Waals surface area (Å²) in [5.74, 6) is 0.0755. The average molecular weight is 362 g/mol. The van der Waals surface area contributed by atoms with Crippen LogP contribution in [-0.4, -0.2) is 22.9 Å². The molecule has 1 aliphatic heterocycles. The van der Waals surface area contributed by atoms with E-state index in [9.17, 15) is 9.59 Å². The van der Waals surface area contributed by atoms with Gasteiger partial charge in [-0.25, -0.2) is 0 Å². The van der Waals surface area contributed by atoms with Crippen molar-refractivity contribution >= 4 is 39.1 Å². The van der Waals surface area contributed by atoms with Crippen molar-refractivity contribution in [2.45, 2.75) is 13.0 Å². The fourth-order valence-electron chi connectivity index (χ4n) is 2.03. The summed E-state index contributed by atoms with van der Waals surface area (Å²) in [4.78, 5) is 27.7. The number of benzene rings is 1. The van der Waals surface area contributed by atoms with Crippen molar-refractivity contribution < 1.29 is 14.3 Å². The summed E-state index contributed by atoms with van der Waals surface area (Å²) in [6.45, 7) is 1.67. The van der Waals surface area contributed by atoms with Gasteiger partial charge >= 0.3 is 0 Å². The van der Waals surface area contributed by atoms with Crippen LogP contribution in [0.15, 0.2) is 41.1 Å². The number of hydrogen-bond donors (Lipinski definition) is 2. The standard InChI is InChI=1S/C15H12BrN3O3/c1-8-14(20)19-12-5-11(2-3-13(12)22-8)18-15(21)9-4-10(16)7-17-6-9/h2-8H,1H3,(H,18,21)(H,19,20)/t8-/m1/s1. The van der Waals surface area contributed by atoms with Crippen LogP contribution in [0.1, 0.15) is 17.3 Å². The molecule has 1 aliphatic rings. The van der Waals surface area contributed by atoms with E-state index in [2.05, 4.69) is 31.5 Å². The van der Waals surface area contributed by atoms with E-state index in [-0.39, 0.29) is 11.8 Å². The number of nitrogens with zero attached hydrogens (tertiary/aromatic N) is 1. The zero-order valence-electron chi connectivity index (χ0n) is 11.6. The van der Waals surface area contributed by atoms with Gasteiger partial charge in [-0.2, -0.15) is 0 Å². The fraction of sp³-hybridized carbons (Fsp3) is 0.133. The van der Waals surface area contributed by atoms with Gasteiger partial charge in [0, 0.05) is 22.6 Å². The first kappa shape index (κ1) is 14.5. The van der Waals surface area contributed by atoms with E-state index in [1.165, 1.54) is 6.20 Å². The predicted octanol–water partition coefficient (Wildman–Crippen LogP) is 2.82. The van der Waals surface area contributed by atoms with Crippen LogP contribution in [0.25, 0.3) is 0 Å². The van der Waals surface area contributed by atoms with Crippen LogP contribution in [0.3, 0.4) is 0 Å². The van der Waals surface area contributed by atoms with Crippen LogP contribution in [0.4, 0.5) is 11.4 Å². The second-order valence-corrected chi connectivity index (χ2v) is 5.72. The summed E-state index contributed by atoms with van der Waals surface area (Å²) in [6, 6.07) is 6.75. The van der Waals surface area contributed by atoms with Gasteiger partial charge in [-0.05, 0) is 47.1 Å². The molecule has 3 rings (SSSR count). The molecule has 1 atom stereocenters. The van der Waals surface area contributed by atoms with Crippen molar-refractivity contribution in [2.75, 3.05) is 10.6 Å². The number of carbonyl (C=O) groups is 2. The van der Waals surface area contributed by atoms with E-state index in [1.54, 1.807) is 37.4 Å². The number of carbonyl (C=O) groups excluding carboxylic acids is 2. The summed E-state index contributed by atoms with van der Waals surface area (Å²) in [6.07, 6.45) is 2.55. The molecule has 2 N–H and O–H groups in total. The van der Waals surface area contributed by atoms with E-state index in [0.29, 0.717) is 22.7 Å².